The summed E-state index contributed by atoms with van der Waals surface area (Å²) in [5.41, 5.74) is -3.64. The third-order valence-electron chi connectivity index (χ3n) is 5.53. The van der Waals surface area contributed by atoms with E-state index in [1.807, 2.05) is 0 Å². The highest BCUT2D eigenvalue weighted by atomic mass is 19.4. The lowest BCUT2D eigenvalue weighted by Crippen LogP contribution is -2.53. The van der Waals surface area contributed by atoms with Crippen LogP contribution in [0.3, 0.4) is 0 Å². The second kappa shape index (κ2) is 9.12. The van der Waals surface area contributed by atoms with E-state index in [1.165, 1.54) is 24.2 Å². The lowest BCUT2D eigenvalue weighted by atomic mass is 9.97. The topological polar surface area (TPSA) is 73.6 Å². The SMILES string of the molecule is Cn1ccnc1C(O)(CCNC(=O)N1CCN(c2cccc(C(F)(F)F)c2)CC1)C(F)(F)F. The fourth-order valence-corrected chi connectivity index (χ4v) is 3.65. The summed E-state index contributed by atoms with van der Waals surface area (Å²) >= 11 is 0. The molecule has 1 unspecified atom stereocenters. The molecular formula is C20H23F6N5O2. The minimum atomic E-state index is -5.01. The summed E-state index contributed by atoms with van der Waals surface area (Å²) in [4.78, 5) is 19.0. The van der Waals surface area contributed by atoms with Crippen LogP contribution in [-0.4, -0.2) is 64.5 Å². The molecule has 0 radical (unpaired) electrons. The molecule has 13 heteroatoms. The lowest BCUT2D eigenvalue weighted by molar-refractivity contribution is -0.272. The van der Waals surface area contributed by atoms with E-state index in [0.29, 0.717) is 5.69 Å². The Morgan fingerprint density at radius 3 is 2.33 bits per heavy atom. The maximum Gasteiger partial charge on any atom is 0.424 e. The minimum absolute atomic E-state index is 0.172. The number of carbonyl (C=O) groups excluding carboxylic acids is 1. The lowest BCUT2D eigenvalue weighted by Gasteiger charge is -2.36. The first kappa shape index (κ1) is 24.7. The highest BCUT2D eigenvalue weighted by Crippen LogP contribution is 2.40. The summed E-state index contributed by atoms with van der Waals surface area (Å²) in [5.74, 6) is -0.584. The first-order chi connectivity index (χ1) is 15.3. The van der Waals surface area contributed by atoms with Crippen LogP contribution >= 0.6 is 0 Å². The number of hydrogen-bond acceptors (Lipinski definition) is 4. The van der Waals surface area contributed by atoms with Crippen molar-refractivity contribution in [3.05, 3.63) is 48.0 Å². The first-order valence-electron chi connectivity index (χ1n) is 10.0. The average molecular weight is 479 g/mol. The van der Waals surface area contributed by atoms with Crippen LogP contribution in [0.25, 0.3) is 0 Å². The summed E-state index contributed by atoms with van der Waals surface area (Å²) in [6.07, 6.45) is -7.90. The highest BCUT2D eigenvalue weighted by molar-refractivity contribution is 5.74. The maximum atomic E-state index is 13.5. The average Bonchev–Trinajstić information content (AvgIpc) is 3.18. The van der Waals surface area contributed by atoms with Gasteiger partial charge >= 0.3 is 18.4 Å². The van der Waals surface area contributed by atoms with Gasteiger partial charge < -0.3 is 24.8 Å². The molecule has 2 N–H and O–H groups in total. The molecule has 33 heavy (non-hydrogen) atoms. The van der Waals surface area contributed by atoms with Crippen LogP contribution in [0.15, 0.2) is 36.7 Å². The van der Waals surface area contributed by atoms with Gasteiger partial charge in [0.15, 0.2) is 0 Å². The van der Waals surface area contributed by atoms with Crippen LogP contribution in [0, 0.1) is 0 Å². The van der Waals surface area contributed by atoms with Crippen LogP contribution in [0.2, 0.25) is 0 Å². The number of rotatable bonds is 5. The van der Waals surface area contributed by atoms with Gasteiger partial charge in [-0.3, -0.25) is 0 Å². The highest BCUT2D eigenvalue weighted by Gasteiger charge is 2.57. The number of urea groups is 1. The van der Waals surface area contributed by atoms with E-state index in [1.54, 1.807) is 11.0 Å². The Hall–Kier alpha value is -2.96. The van der Waals surface area contributed by atoms with Crippen LogP contribution < -0.4 is 10.2 Å². The number of alkyl halides is 6. The van der Waals surface area contributed by atoms with Crippen molar-refractivity contribution in [3.8, 4) is 0 Å². The Kier molecular flexibility index (Phi) is 6.82. The van der Waals surface area contributed by atoms with Crippen molar-refractivity contribution in [2.75, 3.05) is 37.6 Å². The fraction of sp³-hybridized carbons (Fsp3) is 0.500. The molecule has 182 valence electrons. The first-order valence-corrected chi connectivity index (χ1v) is 10.0. The van der Waals surface area contributed by atoms with Crippen molar-refractivity contribution in [2.24, 2.45) is 7.05 Å². The van der Waals surface area contributed by atoms with Crippen molar-refractivity contribution in [1.29, 1.82) is 0 Å². The molecule has 1 aliphatic heterocycles. The summed E-state index contributed by atoms with van der Waals surface area (Å²) in [6.45, 7) is 0.397. The number of aromatic nitrogens is 2. The summed E-state index contributed by atoms with van der Waals surface area (Å²) in [5, 5.41) is 12.7. The Morgan fingerprint density at radius 1 is 1.12 bits per heavy atom. The zero-order valence-electron chi connectivity index (χ0n) is 17.6. The van der Waals surface area contributed by atoms with Gasteiger partial charge in [0.25, 0.3) is 0 Å². The van der Waals surface area contributed by atoms with E-state index in [9.17, 15) is 36.2 Å². The van der Waals surface area contributed by atoms with Crippen molar-refractivity contribution < 1.29 is 36.2 Å². The van der Waals surface area contributed by atoms with Gasteiger partial charge in [-0.25, -0.2) is 9.78 Å². The van der Waals surface area contributed by atoms with E-state index in [-0.39, 0.29) is 26.2 Å². The van der Waals surface area contributed by atoms with E-state index in [0.717, 1.165) is 22.9 Å². The second-order valence-corrected chi connectivity index (χ2v) is 7.72. The van der Waals surface area contributed by atoms with Crippen molar-refractivity contribution >= 4 is 11.7 Å². The summed E-state index contributed by atoms with van der Waals surface area (Å²) in [6, 6.07) is 4.23. The number of aryl methyl sites for hydroxylation is 1. The molecule has 0 saturated carbocycles. The Balaban J connectivity index is 1.55. The molecular weight excluding hydrogens is 456 g/mol. The number of piperazine rings is 1. The van der Waals surface area contributed by atoms with Crippen LogP contribution in [0.1, 0.15) is 17.8 Å². The number of aliphatic hydroxyl groups is 1. The van der Waals surface area contributed by atoms with Gasteiger partial charge in [0, 0.05) is 64.3 Å². The quantitative estimate of drug-likeness (QED) is 0.647. The maximum absolute atomic E-state index is 13.5. The molecule has 3 rings (SSSR count). The van der Waals surface area contributed by atoms with Crippen LogP contribution in [0.4, 0.5) is 36.8 Å². The normalized spacial score (nSPS) is 17.1. The van der Waals surface area contributed by atoms with E-state index in [4.69, 9.17) is 0 Å². The van der Waals surface area contributed by atoms with E-state index < -0.39 is 48.3 Å². The number of benzene rings is 1. The largest absolute Gasteiger partial charge is 0.424 e. The molecule has 2 heterocycles. The third kappa shape index (κ3) is 5.34. The van der Waals surface area contributed by atoms with Gasteiger partial charge in [-0.2, -0.15) is 26.3 Å². The van der Waals surface area contributed by atoms with Crippen LogP contribution in [-0.2, 0) is 18.8 Å². The summed E-state index contributed by atoms with van der Waals surface area (Å²) in [7, 11) is 1.32. The number of nitrogens with one attached hydrogen (secondary N) is 1. The molecule has 0 bridgehead atoms. The molecule has 1 saturated heterocycles. The number of imidazole rings is 1. The van der Waals surface area contributed by atoms with Gasteiger partial charge in [-0.05, 0) is 18.2 Å². The molecule has 7 nitrogen and oxygen atoms in total. The van der Waals surface area contributed by atoms with Crippen molar-refractivity contribution in [3.63, 3.8) is 0 Å². The molecule has 1 aromatic carbocycles. The number of carbonyl (C=O) groups is 1. The molecule has 2 amide bonds. The molecule has 1 atom stereocenters. The monoisotopic (exact) mass is 479 g/mol. The number of nitrogens with zero attached hydrogens (tertiary/aromatic N) is 4. The number of amides is 2. The van der Waals surface area contributed by atoms with Gasteiger partial charge in [0.2, 0.25) is 5.60 Å². The second-order valence-electron chi connectivity index (χ2n) is 7.72. The van der Waals surface area contributed by atoms with E-state index in [2.05, 4.69) is 10.3 Å². The molecule has 2 aromatic rings. The molecule has 1 aromatic heterocycles. The van der Waals surface area contributed by atoms with E-state index >= 15 is 0 Å². The predicted octanol–water partition coefficient (Wildman–Crippen LogP) is 3.11. The minimum Gasteiger partial charge on any atom is -0.374 e. The molecule has 1 fully saturated rings. The molecule has 0 aliphatic carbocycles. The zero-order chi connectivity index (χ0) is 24.4. The number of halogens is 6. The molecule has 0 spiro atoms. The van der Waals surface area contributed by atoms with Gasteiger partial charge in [0.1, 0.15) is 5.82 Å². The van der Waals surface area contributed by atoms with Gasteiger partial charge in [0.05, 0.1) is 5.56 Å². The van der Waals surface area contributed by atoms with Gasteiger partial charge in [-0.15, -0.1) is 0 Å². The zero-order valence-corrected chi connectivity index (χ0v) is 17.6. The fourth-order valence-electron chi connectivity index (χ4n) is 3.65. The molecule has 1 aliphatic rings. The third-order valence-corrected chi connectivity index (χ3v) is 5.53. The Labute approximate surface area is 185 Å². The van der Waals surface area contributed by atoms with Crippen molar-refractivity contribution in [2.45, 2.75) is 24.4 Å². The predicted molar refractivity (Wildman–Crippen MR) is 106 cm³/mol. The number of hydrogen-bond donors (Lipinski definition) is 2. The smallest absolute Gasteiger partial charge is 0.374 e. The summed E-state index contributed by atoms with van der Waals surface area (Å²) < 4.78 is 80.4. The van der Waals surface area contributed by atoms with Crippen LogP contribution in [0.5, 0.6) is 0 Å². The van der Waals surface area contributed by atoms with Gasteiger partial charge in [-0.1, -0.05) is 6.07 Å². The Morgan fingerprint density at radius 2 is 1.79 bits per heavy atom. The van der Waals surface area contributed by atoms with Crippen molar-refractivity contribution in [1.82, 2.24) is 19.8 Å². The number of anilines is 1. The Bertz CT molecular complexity index is 968. The standard InChI is InChI=1S/C20H23F6N5O2/c1-29-8-7-27-16(29)18(33,20(24,25)26)5-6-28-17(32)31-11-9-30(10-12-31)15-4-2-3-14(13-15)19(21,22)23/h2-4,7-8,13,33H,5-6,9-12H2,1H3,(H,28,32).